The third kappa shape index (κ3) is 3.71. The molecule has 2 aromatic rings. The molecule has 9 heteroatoms. The Morgan fingerprint density at radius 1 is 1.38 bits per heavy atom. The smallest absolute Gasteiger partial charge is 0.344 e. The van der Waals surface area contributed by atoms with Gasteiger partial charge in [-0.15, -0.1) is 0 Å². The molecule has 1 saturated heterocycles. The van der Waals surface area contributed by atoms with Gasteiger partial charge in [0.15, 0.2) is 11.6 Å². The van der Waals surface area contributed by atoms with E-state index in [1.165, 1.54) is 13.2 Å². The van der Waals surface area contributed by atoms with Crippen LogP contribution in [0.3, 0.4) is 0 Å². The molecular weight excluding hydrogens is 433 g/mol. The predicted octanol–water partition coefficient (Wildman–Crippen LogP) is 4.30. The number of benzene rings is 1. The molecule has 2 heterocycles. The Hall–Kier alpha value is -2.39. The van der Waals surface area contributed by atoms with Crippen LogP contribution in [0, 0.1) is 16.4 Å². The molecule has 1 saturated carbocycles. The molecule has 3 N–H and O–H groups in total. The molecule has 2 aliphatic rings. The number of carbonyl (C=O) groups excluding carboxylic acids is 1. The van der Waals surface area contributed by atoms with Gasteiger partial charge < -0.3 is 29.8 Å². The minimum atomic E-state index is -0.720. The number of rotatable bonds is 6. The number of aromatic hydroxyl groups is 1. The number of carbonyl (C=O) groups is 1. The number of nitrogens with zero attached hydrogens (tertiary/aromatic N) is 2. The third-order valence-electron chi connectivity index (χ3n) is 6.50. The molecule has 1 aliphatic heterocycles. The molecule has 0 spiro atoms. The van der Waals surface area contributed by atoms with Crippen molar-refractivity contribution in [3.05, 3.63) is 22.1 Å². The maximum atomic E-state index is 15.5. The highest BCUT2D eigenvalue weighted by Gasteiger charge is 2.37. The quantitative estimate of drug-likeness (QED) is 0.488. The predicted molar refractivity (Wildman–Crippen MR) is 124 cm³/mol. The lowest BCUT2D eigenvalue weighted by molar-refractivity contribution is 0.0521. The summed E-state index contributed by atoms with van der Waals surface area (Å²) in [6.07, 6.45) is 2.59. The first-order valence-corrected chi connectivity index (χ1v) is 11.4. The second-order valence-electron chi connectivity index (χ2n) is 9.24. The van der Waals surface area contributed by atoms with Crippen molar-refractivity contribution in [3.8, 4) is 11.5 Å². The fourth-order valence-corrected chi connectivity index (χ4v) is 5.03. The number of hydrogen-bond donors (Lipinski definition) is 2. The summed E-state index contributed by atoms with van der Waals surface area (Å²) in [5.41, 5.74) is 6.65. The summed E-state index contributed by atoms with van der Waals surface area (Å²) in [5.74, 6) is -1.13. The summed E-state index contributed by atoms with van der Waals surface area (Å²) < 4.78 is 28.4. The van der Waals surface area contributed by atoms with Crippen molar-refractivity contribution >= 4 is 34.8 Å². The zero-order valence-corrected chi connectivity index (χ0v) is 19.7. The number of anilines is 1. The van der Waals surface area contributed by atoms with E-state index < -0.39 is 11.8 Å². The molecule has 4 rings (SSSR count). The lowest BCUT2D eigenvalue weighted by atomic mass is 9.88. The van der Waals surface area contributed by atoms with E-state index in [0.29, 0.717) is 30.0 Å². The van der Waals surface area contributed by atoms with Gasteiger partial charge in [0.05, 0.1) is 19.2 Å². The second-order valence-corrected chi connectivity index (χ2v) is 9.63. The van der Waals surface area contributed by atoms with Crippen LogP contribution in [0.1, 0.15) is 56.4 Å². The zero-order valence-electron chi connectivity index (χ0n) is 18.9. The van der Waals surface area contributed by atoms with Crippen LogP contribution < -0.4 is 15.4 Å². The third-order valence-corrected chi connectivity index (χ3v) is 6.90. The number of ether oxygens (including phenoxy) is 2. The van der Waals surface area contributed by atoms with Crippen molar-refractivity contribution in [3.63, 3.8) is 0 Å². The number of halogens is 1. The van der Waals surface area contributed by atoms with Crippen LogP contribution in [0.25, 0.3) is 10.9 Å². The Morgan fingerprint density at radius 3 is 2.59 bits per heavy atom. The van der Waals surface area contributed by atoms with Gasteiger partial charge in [0.2, 0.25) is 0 Å². The van der Waals surface area contributed by atoms with Gasteiger partial charge in [0.25, 0.3) is 0 Å². The number of esters is 1. The van der Waals surface area contributed by atoms with E-state index in [9.17, 15) is 9.90 Å². The summed E-state index contributed by atoms with van der Waals surface area (Å²) >= 11 is 5.62. The monoisotopic (exact) mass is 463 g/mol. The largest absolute Gasteiger partial charge is 0.506 e. The van der Waals surface area contributed by atoms with E-state index >= 15 is 4.39 Å². The van der Waals surface area contributed by atoms with Crippen molar-refractivity contribution in [2.45, 2.75) is 51.6 Å². The molecule has 0 amide bonds. The minimum Gasteiger partial charge on any atom is -0.506 e. The maximum absolute atomic E-state index is 15.5. The van der Waals surface area contributed by atoms with Gasteiger partial charge in [-0.3, -0.25) is 0 Å². The van der Waals surface area contributed by atoms with E-state index in [1.807, 2.05) is 23.3 Å². The van der Waals surface area contributed by atoms with Crippen LogP contribution in [0.2, 0.25) is 0 Å². The zero-order chi connectivity index (χ0) is 23.4. The molecule has 7 nitrogen and oxygen atoms in total. The Morgan fingerprint density at radius 2 is 2.06 bits per heavy atom. The van der Waals surface area contributed by atoms with Crippen LogP contribution in [0.4, 0.5) is 10.1 Å². The first kappa shape index (κ1) is 22.8. The minimum absolute atomic E-state index is 0.0558. The normalized spacial score (nSPS) is 18.9. The molecule has 0 radical (unpaired) electrons. The summed E-state index contributed by atoms with van der Waals surface area (Å²) in [5, 5.41) is 11.2. The van der Waals surface area contributed by atoms with Crippen LogP contribution in [-0.4, -0.2) is 48.0 Å². The number of methoxy groups -OCH3 is 1. The number of nitrogens with two attached hydrogens (primary N) is 1. The highest BCUT2D eigenvalue weighted by atomic mass is 32.1. The van der Waals surface area contributed by atoms with Gasteiger partial charge in [0, 0.05) is 30.1 Å². The first-order chi connectivity index (χ1) is 15.1. The fourth-order valence-electron chi connectivity index (χ4n) is 4.61. The van der Waals surface area contributed by atoms with Gasteiger partial charge in [-0.25, -0.2) is 9.18 Å². The lowest BCUT2D eigenvalue weighted by Crippen LogP contribution is -2.42. The maximum Gasteiger partial charge on any atom is 0.344 e. The molecule has 0 bridgehead atoms. The summed E-state index contributed by atoms with van der Waals surface area (Å²) in [6.45, 7) is 7.01. The highest BCUT2D eigenvalue weighted by molar-refractivity contribution is 7.71. The van der Waals surface area contributed by atoms with Crippen LogP contribution in [0.15, 0.2) is 6.07 Å². The SMILES string of the molecule is CCOC(=O)c1c(O)c2cc(F)c(N3CCC(C(C)(C)N)C3)c(OC)c2n(C2CC2)c1=S. The Balaban J connectivity index is 1.98. The van der Waals surface area contributed by atoms with Crippen molar-refractivity contribution in [2.75, 3.05) is 31.7 Å². The Labute approximate surface area is 191 Å². The fraction of sp³-hybridized carbons (Fsp3) is 0.565. The molecule has 1 unspecified atom stereocenters. The second kappa shape index (κ2) is 8.19. The molecule has 1 atom stereocenters. The standard InChI is InChI=1S/C23H30FN3O4S/c1-5-31-22(29)16-19(28)14-10-15(24)18(26-9-8-12(11-26)23(2,3)25)20(30-4)17(14)27(21(16)32)13-6-7-13/h10,12-13,28H,5-9,11,25H2,1-4H3. The topological polar surface area (TPSA) is 90.0 Å². The molecule has 174 valence electrons. The van der Waals surface area contributed by atoms with Crippen LogP contribution in [-0.2, 0) is 4.74 Å². The van der Waals surface area contributed by atoms with E-state index in [-0.39, 0.29) is 45.4 Å². The molecule has 1 aliphatic carbocycles. The van der Waals surface area contributed by atoms with E-state index in [1.54, 1.807) is 6.92 Å². The average Bonchev–Trinajstić information content (AvgIpc) is 3.42. The molecule has 1 aromatic carbocycles. The average molecular weight is 464 g/mol. The van der Waals surface area contributed by atoms with Gasteiger partial charge >= 0.3 is 5.97 Å². The number of pyridine rings is 1. The van der Waals surface area contributed by atoms with E-state index in [0.717, 1.165) is 19.3 Å². The van der Waals surface area contributed by atoms with Gasteiger partial charge in [0.1, 0.15) is 21.6 Å². The van der Waals surface area contributed by atoms with Crippen molar-refractivity contribution in [1.82, 2.24) is 4.57 Å². The summed E-state index contributed by atoms with van der Waals surface area (Å²) in [7, 11) is 1.48. The Kier molecular flexibility index (Phi) is 5.83. The van der Waals surface area contributed by atoms with Crippen LogP contribution >= 0.6 is 12.2 Å². The van der Waals surface area contributed by atoms with Crippen molar-refractivity contribution < 1.29 is 23.8 Å². The van der Waals surface area contributed by atoms with Gasteiger partial charge in [-0.2, -0.15) is 0 Å². The molecule has 1 aromatic heterocycles. The van der Waals surface area contributed by atoms with Crippen molar-refractivity contribution in [1.29, 1.82) is 0 Å². The lowest BCUT2D eigenvalue weighted by Gasteiger charge is -2.29. The summed E-state index contributed by atoms with van der Waals surface area (Å²) in [4.78, 5) is 14.5. The van der Waals surface area contributed by atoms with E-state index in [2.05, 4.69) is 0 Å². The number of fused-ring (bicyclic) bond motifs is 1. The number of aromatic nitrogens is 1. The highest BCUT2D eigenvalue weighted by Crippen LogP contribution is 2.48. The molecule has 32 heavy (non-hydrogen) atoms. The summed E-state index contributed by atoms with van der Waals surface area (Å²) in [6, 6.07) is 1.32. The van der Waals surface area contributed by atoms with Crippen molar-refractivity contribution in [2.24, 2.45) is 11.7 Å². The molecular formula is C23H30FN3O4S. The van der Waals surface area contributed by atoms with E-state index in [4.69, 9.17) is 27.4 Å². The van der Waals surface area contributed by atoms with Gasteiger partial charge in [-0.05, 0) is 52.0 Å². The van der Waals surface area contributed by atoms with Gasteiger partial charge in [-0.1, -0.05) is 12.2 Å². The molecule has 2 fully saturated rings. The first-order valence-electron chi connectivity index (χ1n) is 11.0. The Bertz CT molecular complexity index is 1140. The number of hydrogen-bond acceptors (Lipinski definition) is 7. The van der Waals surface area contributed by atoms with Crippen LogP contribution in [0.5, 0.6) is 11.5 Å².